The minimum Gasteiger partial charge on any atom is -0.459 e. The Labute approximate surface area is 250 Å². The molecule has 2 saturated heterocycles. The summed E-state index contributed by atoms with van der Waals surface area (Å²) in [4.78, 5) is 25.9. The number of ether oxygens (including phenoxy) is 2. The van der Waals surface area contributed by atoms with Crippen LogP contribution < -0.4 is 10.6 Å². The SMILES string of the molecule is CC1(C)CC(OC(=O)c2ccc(-c3ccc(C(=O)OC4CC(C)(C)NC(C)(C)C4)c(C(F)(F)F)c3F)cc2)CC(C)(C)N1. The highest BCUT2D eigenvalue weighted by atomic mass is 19.4. The number of carbonyl (C=O) groups excluding carboxylic acids is 2. The van der Waals surface area contributed by atoms with Crippen LogP contribution in [0.4, 0.5) is 17.6 Å². The van der Waals surface area contributed by atoms with Crippen LogP contribution in [-0.2, 0) is 15.7 Å². The van der Waals surface area contributed by atoms with Crippen LogP contribution in [0.15, 0.2) is 36.4 Å². The summed E-state index contributed by atoms with van der Waals surface area (Å²) >= 11 is 0. The maximum atomic E-state index is 15.6. The lowest BCUT2D eigenvalue weighted by atomic mass is 9.81. The van der Waals surface area contributed by atoms with Crippen molar-refractivity contribution in [3.63, 3.8) is 0 Å². The lowest BCUT2D eigenvalue weighted by molar-refractivity contribution is -0.140. The first-order chi connectivity index (χ1) is 19.6. The molecule has 10 heteroatoms. The van der Waals surface area contributed by atoms with E-state index in [9.17, 15) is 22.8 Å². The molecule has 0 aliphatic carbocycles. The van der Waals surface area contributed by atoms with Crippen LogP contribution in [0, 0.1) is 5.82 Å². The normalized spacial score (nSPS) is 21.7. The van der Waals surface area contributed by atoms with Crippen LogP contribution in [-0.4, -0.2) is 46.3 Å². The fourth-order valence-corrected chi connectivity index (χ4v) is 7.09. The molecular weight excluding hydrogens is 564 g/mol. The summed E-state index contributed by atoms with van der Waals surface area (Å²) in [5.41, 5.74) is -3.88. The molecule has 0 unspecified atom stereocenters. The molecule has 0 atom stereocenters. The summed E-state index contributed by atoms with van der Waals surface area (Å²) in [6.45, 7) is 15.8. The topological polar surface area (TPSA) is 76.7 Å². The third kappa shape index (κ3) is 7.95. The van der Waals surface area contributed by atoms with Crippen molar-refractivity contribution in [2.45, 2.75) is 122 Å². The first-order valence-electron chi connectivity index (χ1n) is 14.6. The standard InChI is InChI=1S/C33H42F4N2O4/c1-29(2)15-21(16-30(3,4)38-29)42-27(40)20-11-9-19(10-12-20)23-13-14-24(25(26(23)34)33(35,36)37)28(41)43-22-17-31(5,6)39-32(7,8)18-22/h9-14,21-22,38-39H,15-18H2,1-8H3. The maximum Gasteiger partial charge on any atom is 0.420 e. The Balaban J connectivity index is 1.56. The van der Waals surface area contributed by atoms with Crippen LogP contribution in [0.1, 0.15) is 107 Å². The molecule has 0 spiro atoms. The van der Waals surface area contributed by atoms with Gasteiger partial charge in [-0.2, -0.15) is 13.2 Å². The van der Waals surface area contributed by atoms with Gasteiger partial charge < -0.3 is 20.1 Å². The van der Waals surface area contributed by atoms with Crippen molar-refractivity contribution in [2.75, 3.05) is 0 Å². The van der Waals surface area contributed by atoms with Crippen LogP contribution in [0.2, 0.25) is 0 Å². The lowest BCUT2D eigenvalue weighted by Crippen LogP contribution is -2.59. The molecule has 2 aliphatic rings. The Bertz CT molecular complexity index is 1350. The fourth-order valence-electron chi connectivity index (χ4n) is 7.09. The second-order valence-electron chi connectivity index (χ2n) is 14.6. The minimum atomic E-state index is -5.15. The van der Waals surface area contributed by atoms with Gasteiger partial charge in [-0.25, -0.2) is 14.0 Å². The van der Waals surface area contributed by atoms with Crippen molar-refractivity contribution in [1.82, 2.24) is 10.6 Å². The molecule has 2 N–H and O–H groups in total. The zero-order valence-electron chi connectivity index (χ0n) is 26.1. The third-order valence-electron chi connectivity index (χ3n) is 7.93. The molecule has 0 amide bonds. The Morgan fingerprint density at radius 2 is 1.12 bits per heavy atom. The molecule has 0 saturated carbocycles. The average Bonchev–Trinajstić information content (AvgIpc) is 2.79. The number of benzene rings is 2. The van der Waals surface area contributed by atoms with Gasteiger partial charge in [0.1, 0.15) is 23.6 Å². The van der Waals surface area contributed by atoms with E-state index in [0.29, 0.717) is 25.7 Å². The van der Waals surface area contributed by atoms with E-state index in [0.717, 1.165) is 12.1 Å². The van der Waals surface area contributed by atoms with Crippen LogP contribution in [0.25, 0.3) is 11.1 Å². The number of alkyl halides is 3. The summed E-state index contributed by atoms with van der Waals surface area (Å²) in [5, 5.41) is 6.94. The number of nitrogens with one attached hydrogen (secondary N) is 2. The van der Waals surface area contributed by atoms with Gasteiger partial charge in [0.15, 0.2) is 0 Å². The van der Waals surface area contributed by atoms with Gasteiger partial charge in [-0.3, -0.25) is 0 Å². The van der Waals surface area contributed by atoms with E-state index in [1.165, 1.54) is 24.3 Å². The van der Waals surface area contributed by atoms with Gasteiger partial charge in [0.25, 0.3) is 0 Å². The minimum absolute atomic E-state index is 0.116. The van der Waals surface area contributed by atoms with E-state index in [-0.39, 0.29) is 33.9 Å². The molecule has 2 fully saturated rings. The van der Waals surface area contributed by atoms with Crippen molar-refractivity contribution in [1.29, 1.82) is 0 Å². The zero-order chi connectivity index (χ0) is 32.2. The van der Waals surface area contributed by atoms with Crippen molar-refractivity contribution in [3.8, 4) is 11.1 Å². The van der Waals surface area contributed by atoms with E-state index in [1.54, 1.807) is 0 Å². The van der Waals surface area contributed by atoms with Crippen molar-refractivity contribution < 1.29 is 36.6 Å². The second kappa shape index (κ2) is 11.2. The summed E-state index contributed by atoms with van der Waals surface area (Å²) in [7, 11) is 0. The Hall–Kier alpha value is -2.98. The van der Waals surface area contributed by atoms with E-state index < -0.39 is 52.2 Å². The zero-order valence-corrected chi connectivity index (χ0v) is 26.1. The Morgan fingerprint density at radius 3 is 1.53 bits per heavy atom. The fraction of sp³-hybridized carbons (Fsp3) is 0.576. The van der Waals surface area contributed by atoms with E-state index >= 15 is 4.39 Å². The average molecular weight is 607 g/mol. The predicted octanol–water partition coefficient (Wildman–Crippen LogP) is 7.44. The van der Waals surface area contributed by atoms with Gasteiger partial charge in [0, 0.05) is 53.4 Å². The Morgan fingerprint density at radius 1 is 0.698 bits per heavy atom. The summed E-state index contributed by atoms with van der Waals surface area (Å²) in [6.07, 6.45) is -4.09. The van der Waals surface area contributed by atoms with Crippen molar-refractivity contribution in [3.05, 3.63) is 58.9 Å². The molecule has 236 valence electrons. The van der Waals surface area contributed by atoms with E-state index in [1.807, 2.05) is 55.4 Å². The van der Waals surface area contributed by atoms with E-state index in [2.05, 4.69) is 10.6 Å². The lowest BCUT2D eigenvalue weighted by Gasteiger charge is -2.46. The smallest absolute Gasteiger partial charge is 0.420 e. The van der Waals surface area contributed by atoms with Gasteiger partial charge in [-0.15, -0.1) is 0 Å². The molecule has 2 aromatic rings. The molecular formula is C33H42F4N2O4. The monoisotopic (exact) mass is 606 g/mol. The molecule has 0 radical (unpaired) electrons. The molecule has 2 heterocycles. The number of rotatable bonds is 5. The van der Waals surface area contributed by atoms with Crippen LogP contribution >= 0.6 is 0 Å². The number of hydrogen-bond acceptors (Lipinski definition) is 6. The molecule has 2 aromatic carbocycles. The first-order valence-corrected chi connectivity index (χ1v) is 14.6. The van der Waals surface area contributed by atoms with Gasteiger partial charge in [-0.05, 0) is 79.2 Å². The predicted molar refractivity (Wildman–Crippen MR) is 156 cm³/mol. The quantitative estimate of drug-likeness (QED) is 0.272. The largest absolute Gasteiger partial charge is 0.459 e. The molecule has 4 rings (SSSR count). The second-order valence-corrected chi connectivity index (χ2v) is 14.6. The first kappa shape index (κ1) is 32.9. The van der Waals surface area contributed by atoms with Crippen LogP contribution in [0.5, 0.6) is 0 Å². The van der Waals surface area contributed by atoms with Gasteiger partial charge in [-0.1, -0.05) is 18.2 Å². The van der Waals surface area contributed by atoms with Crippen molar-refractivity contribution in [2.24, 2.45) is 0 Å². The molecule has 2 aliphatic heterocycles. The highest BCUT2D eigenvalue weighted by Crippen LogP contribution is 2.40. The molecule has 0 bridgehead atoms. The van der Waals surface area contributed by atoms with Gasteiger partial charge in [0.2, 0.25) is 0 Å². The highest BCUT2D eigenvalue weighted by molar-refractivity contribution is 5.93. The van der Waals surface area contributed by atoms with Crippen molar-refractivity contribution >= 4 is 11.9 Å². The highest BCUT2D eigenvalue weighted by Gasteiger charge is 2.43. The van der Waals surface area contributed by atoms with Gasteiger partial charge in [0.05, 0.1) is 11.1 Å². The van der Waals surface area contributed by atoms with Gasteiger partial charge >= 0.3 is 18.1 Å². The maximum absolute atomic E-state index is 15.6. The number of hydrogen-bond donors (Lipinski definition) is 2. The summed E-state index contributed by atoms with van der Waals surface area (Å²) in [5.74, 6) is -3.37. The Kier molecular flexibility index (Phi) is 8.56. The molecule has 0 aromatic heterocycles. The summed E-state index contributed by atoms with van der Waals surface area (Å²) < 4.78 is 69.4. The van der Waals surface area contributed by atoms with E-state index in [4.69, 9.17) is 9.47 Å². The number of piperidine rings is 2. The number of carbonyl (C=O) groups is 2. The number of esters is 2. The molecule has 43 heavy (non-hydrogen) atoms. The molecule has 6 nitrogen and oxygen atoms in total. The summed E-state index contributed by atoms with van der Waals surface area (Å²) in [6, 6.07) is 7.59. The third-order valence-corrected chi connectivity index (χ3v) is 7.93. The van der Waals surface area contributed by atoms with Crippen LogP contribution in [0.3, 0.4) is 0 Å². The number of halogens is 4.